The first-order valence-corrected chi connectivity index (χ1v) is 5.97. The fourth-order valence-corrected chi connectivity index (χ4v) is 3.18. The normalized spacial score (nSPS) is 37.2. The number of hydrogen-bond acceptors (Lipinski definition) is 2. The highest BCUT2D eigenvalue weighted by molar-refractivity contribution is 5.81. The Morgan fingerprint density at radius 2 is 1.75 bits per heavy atom. The number of carbonyl (C=O) groups is 1. The highest BCUT2D eigenvalue weighted by Crippen LogP contribution is 2.44. The lowest BCUT2D eigenvalue weighted by Gasteiger charge is -2.42. The molecule has 2 saturated heterocycles. The van der Waals surface area contributed by atoms with Gasteiger partial charge in [-0.05, 0) is 12.8 Å². The number of nitrogens with zero attached hydrogens (tertiary/aromatic N) is 1. The quantitative estimate of drug-likeness (QED) is 0.728. The number of fused-ring (bicyclic) bond motifs is 2. The van der Waals surface area contributed by atoms with Crippen molar-refractivity contribution in [1.82, 2.24) is 10.2 Å². The second-order valence-corrected chi connectivity index (χ2v) is 5.25. The van der Waals surface area contributed by atoms with Gasteiger partial charge in [-0.3, -0.25) is 4.79 Å². The van der Waals surface area contributed by atoms with Crippen LogP contribution >= 0.6 is 0 Å². The van der Waals surface area contributed by atoms with Gasteiger partial charge in [0, 0.05) is 43.9 Å². The van der Waals surface area contributed by atoms with E-state index in [1.54, 1.807) is 0 Å². The van der Waals surface area contributed by atoms with E-state index < -0.39 is 11.8 Å². The second kappa shape index (κ2) is 3.39. The van der Waals surface area contributed by atoms with Crippen molar-refractivity contribution in [3.8, 4) is 0 Å². The molecule has 90 valence electrons. The number of piperazine rings is 1. The fraction of sp³-hybridized carbons (Fsp3) is 0.909. The zero-order valence-electron chi connectivity index (χ0n) is 9.09. The number of nitrogens with one attached hydrogen (secondary N) is 1. The minimum atomic E-state index is -2.59. The predicted octanol–water partition coefficient (Wildman–Crippen LogP) is 0.994. The van der Waals surface area contributed by atoms with Gasteiger partial charge in [0.25, 0.3) is 0 Å². The lowest BCUT2D eigenvalue weighted by atomic mass is 9.80. The van der Waals surface area contributed by atoms with E-state index in [0.717, 1.165) is 25.9 Å². The maximum atomic E-state index is 12.7. The van der Waals surface area contributed by atoms with Gasteiger partial charge in [0.2, 0.25) is 11.8 Å². The van der Waals surface area contributed by atoms with Gasteiger partial charge in [-0.25, -0.2) is 8.78 Å². The second-order valence-electron chi connectivity index (χ2n) is 5.25. The Morgan fingerprint density at radius 1 is 1.19 bits per heavy atom. The molecule has 0 radical (unpaired) electrons. The highest BCUT2D eigenvalue weighted by Gasteiger charge is 2.52. The van der Waals surface area contributed by atoms with Crippen molar-refractivity contribution in [2.24, 2.45) is 5.92 Å². The van der Waals surface area contributed by atoms with Crippen molar-refractivity contribution in [3.63, 3.8) is 0 Å². The van der Waals surface area contributed by atoms with Crippen molar-refractivity contribution < 1.29 is 13.6 Å². The van der Waals surface area contributed by atoms with E-state index in [-0.39, 0.29) is 30.8 Å². The minimum Gasteiger partial charge on any atom is -0.334 e. The van der Waals surface area contributed by atoms with Gasteiger partial charge in [-0.2, -0.15) is 0 Å². The smallest absolute Gasteiger partial charge is 0.249 e. The maximum absolute atomic E-state index is 12.7. The summed E-state index contributed by atoms with van der Waals surface area (Å²) in [4.78, 5) is 14.0. The van der Waals surface area contributed by atoms with Crippen molar-refractivity contribution in [2.45, 2.75) is 43.7 Å². The summed E-state index contributed by atoms with van der Waals surface area (Å²) in [5.41, 5.74) is 0. The van der Waals surface area contributed by atoms with Gasteiger partial charge >= 0.3 is 0 Å². The van der Waals surface area contributed by atoms with Crippen LogP contribution < -0.4 is 5.32 Å². The predicted molar refractivity (Wildman–Crippen MR) is 54.2 cm³/mol. The standard InChI is InChI=1S/C11H16F2N2O/c12-11(13)3-7(4-11)10(16)15-8-1-2-9(15)6-14-5-8/h7-9,14H,1-6H2. The molecule has 3 nitrogen and oxygen atoms in total. The monoisotopic (exact) mass is 230 g/mol. The zero-order chi connectivity index (χ0) is 11.3. The van der Waals surface area contributed by atoms with Crippen LogP contribution in [-0.2, 0) is 4.79 Å². The van der Waals surface area contributed by atoms with E-state index in [1.165, 1.54) is 0 Å². The molecule has 2 aliphatic heterocycles. The van der Waals surface area contributed by atoms with Crippen molar-refractivity contribution in [1.29, 1.82) is 0 Å². The molecule has 1 saturated carbocycles. The Bertz CT molecular complexity index is 297. The summed E-state index contributed by atoms with van der Waals surface area (Å²) in [6.07, 6.45) is 1.56. The Morgan fingerprint density at radius 3 is 2.25 bits per heavy atom. The van der Waals surface area contributed by atoms with Crippen molar-refractivity contribution >= 4 is 5.91 Å². The summed E-state index contributed by atoms with van der Waals surface area (Å²) in [6, 6.07) is 0.501. The molecule has 0 spiro atoms. The summed E-state index contributed by atoms with van der Waals surface area (Å²) in [7, 11) is 0. The van der Waals surface area contributed by atoms with Gasteiger partial charge in [-0.15, -0.1) is 0 Å². The highest BCUT2D eigenvalue weighted by atomic mass is 19.3. The molecule has 2 bridgehead atoms. The first-order valence-electron chi connectivity index (χ1n) is 5.97. The third-order valence-electron chi connectivity index (χ3n) is 4.07. The molecule has 2 heterocycles. The van der Waals surface area contributed by atoms with Crippen LogP contribution in [0, 0.1) is 5.92 Å². The number of rotatable bonds is 1. The molecule has 0 aromatic rings. The molecule has 0 aromatic carbocycles. The lowest BCUT2D eigenvalue weighted by Crippen LogP contribution is -2.58. The van der Waals surface area contributed by atoms with Crippen LogP contribution in [0.1, 0.15) is 25.7 Å². The summed E-state index contributed by atoms with van der Waals surface area (Å²) in [6.45, 7) is 1.65. The molecule has 1 aliphatic carbocycles. The number of amides is 1. The van der Waals surface area contributed by atoms with E-state index in [1.807, 2.05) is 4.90 Å². The van der Waals surface area contributed by atoms with Gasteiger partial charge in [-0.1, -0.05) is 0 Å². The van der Waals surface area contributed by atoms with Crippen LogP contribution in [-0.4, -0.2) is 41.9 Å². The molecule has 1 N–H and O–H groups in total. The number of halogens is 2. The van der Waals surface area contributed by atoms with Crippen LogP contribution in [0.15, 0.2) is 0 Å². The first-order chi connectivity index (χ1) is 7.57. The summed E-state index contributed by atoms with van der Waals surface area (Å²) >= 11 is 0. The summed E-state index contributed by atoms with van der Waals surface area (Å²) < 4.78 is 25.5. The van der Waals surface area contributed by atoms with Crippen LogP contribution in [0.2, 0.25) is 0 Å². The van der Waals surface area contributed by atoms with E-state index in [0.29, 0.717) is 0 Å². The molecule has 5 heteroatoms. The number of hydrogen-bond donors (Lipinski definition) is 1. The number of alkyl halides is 2. The van der Waals surface area contributed by atoms with Gasteiger partial charge in [0.05, 0.1) is 0 Å². The summed E-state index contributed by atoms with van der Waals surface area (Å²) in [5, 5.41) is 3.28. The first kappa shape index (κ1) is 10.4. The molecule has 3 aliphatic rings. The molecule has 0 aromatic heterocycles. The molecule has 3 rings (SSSR count). The van der Waals surface area contributed by atoms with Gasteiger partial charge < -0.3 is 10.2 Å². The molecule has 1 amide bonds. The van der Waals surface area contributed by atoms with E-state index in [2.05, 4.69) is 5.32 Å². The van der Waals surface area contributed by atoms with E-state index >= 15 is 0 Å². The molecule has 2 unspecified atom stereocenters. The molecule has 3 fully saturated rings. The van der Waals surface area contributed by atoms with E-state index in [4.69, 9.17) is 0 Å². The van der Waals surface area contributed by atoms with Crippen LogP contribution in [0.4, 0.5) is 8.78 Å². The molecular weight excluding hydrogens is 214 g/mol. The Hall–Kier alpha value is -0.710. The fourth-order valence-electron chi connectivity index (χ4n) is 3.18. The summed E-state index contributed by atoms with van der Waals surface area (Å²) in [5.74, 6) is -3.04. The SMILES string of the molecule is O=C(C1CC(F)(F)C1)N1C2CCC1CNC2. The van der Waals surface area contributed by atoms with E-state index in [9.17, 15) is 13.6 Å². The molecular formula is C11H16F2N2O. The van der Waals surface area contributed by atoms with Gasteiger partial charge in [0.15, 0.2) is 0 Å². The van der Waals surface area contributed by atoms with Crippen LogP contribution in [0.25, 0.3) is 0 Å². The Balaban J connectivity index is 1.67. The topological polar surface area (TPSA) is 32.3 Å². The average Bonchev–Trinajstić information content (AvgIpc) is 2.43. The molecule has 2 atom stereocenters. The van der Waals surface area contributed by atoms with Crippen molar-refractivity contribution in [2.75, 3.05) is 13.1 Å². The third-order valence-corrected chi connectivity index (χ3v) is 4.07. The zero-order valence-corrected chi connectivity index (χ0v) is 9.09. The minimum absolute atomic E-state index is 0.0278. The van der Waals surface area contributed by atoms with Gasteiger partial charge in [0.1, 0.15) is 0 Å². The lowest BCUT2D eigenvalue weighted by molar-refractivity contribution is -0.163. The maximum Gasteiger partial charge on any atom is 0.249 e. The Kier molecular flexibility index (Phi) is 2.21. The van der Waals surface area contributed by atoms with Crippen LogP contribution in [0.5, 0.6) is 0 Å². The Labute approximate surface area is 93.2 Å². The average molecular weight is 230 g/mol. The number of carbonyl (C=O) groups excluding carboxylic acids is 1. The van der Waals surface area contributed by atoms with Crippen LogP contribution in [0.3, 0.4) is 0 Å². The third kappa shape index (κ3) is 1.52. The molecule has 16 heavy (non-hydrogen) atoms. The van der Waals surface area contributed by atoms with Crippen molar-refractivity contribution in [3.05, 3.63) is 0 Å². The largest absolute Gasteiger partial charge is 0.334 e.